The van der Waals surface area contributed by atoms with Gasteiger partial charge in [-0.3, -0.25) is 0 Å². The summed E-state index contributed by atoms with van der Waals surface area (Å²) in [5, 5.41) is 4.39. The second-order valence-corrected chi connectivity index (χ2v) is 7.78. The van der Waals surface area contributed by atoms with Crippen LogP contribution in [-0.4, -0.2) is 33.2 Å². The standard InChI is InChI=1S/C15H18N6O3S/c1-2-13-18-14-11(4-3-7-21(14)19-13)20-25(23,24)9-5-6-10-12(8-9)17-15(22)16-10/h5-6,8,11,20H,2-4,7H2,1H3,(H2,16,17,22)/t11-/m1/s1. The third kappa shape index (κ3) is 2.87. The molecular formula is C15H18N6O3S. The van der Waals surface area contributed by atoms with Crippen molar-refractivity contribution in [3.63, 3.8) is 0 Å². The largest absolute Gasteiger partial charge is 0.323 e. The Morgan fingerprint density at radius 1 is 1.32 bits per heavy atom. The number of H-pyrrole nitrogens is 2. The summed E-state index contributed by atoms with van der Waals surface area (Å²) in [6.45, 7) is 2.71. The Morgan fingerprint density at radius 2 is 2.12 bits per heavy atom. The predicted molar refractivity (Wildman–Crippen MR) is 90.6 cm³/mol. The van der Waals surface area contributed by atoms with E-state index in [4.69, 9.17) is 0 Å². The zero-order valence-electron chi connectivity index (χ0n) is 13.6. The zero-order valence-corrected chi connectivity index (χ0v) is 14.4. The number of nitrogens with zero attached hydrogens (tertiary/aromatic N) is 3. The Bertz CT molecular complexity index is 1090. The van der Waals surface area contributed by atoms with Crippen molar-refractivity contribution in [2.24, 2.45) is 0 Å². The summed E-state index contributed by atoms with van der Waals surface area (Å²) in [6, 6.07) is 4.08. The van der Waals surface area contributed by atoms with Gasteiger partial charge in [0.05, 0.1) is 22.0 Å². The fourth-order valence-corrected chi connectivity index (χ4v) is 4.35. The number of nitrogens with one attached hydrogen (secondary N) is 3. The molecule has 1 aromatic carbocycles. The number of aromatic nitrogens is 5. The lowest BCUT2D eigenvalue weighted by Crippen LogP contribution is -2.33. The van der Waals surface area contributed by atoms with Gasteiger partial charge in [-0.15, -0.1) is 0 Å². The quantitative estimate of drug-likeness (QED) is 0.634. The first-order chi connectivity index (χ1) is 12.0. The molecule has 0 saturated carbocycles. The molecule has 0 aliphatic carbocycles. The van der Waals surface area contributed by atoms with Crippen LogP contribution in [0, 0.1) is 0 Å². The topological polar surface area (TPSA) is 126 Å². The van der Waals surface area contributed by atoms with Crippen molar-refractivity contribution >= 4 is 21.1 Å². The molecule has 3 heterocycles. The molecule has 3 N–H and O–H groups in total. The van der Waals surface area contributed by atoms with Gasteiger partial charge in [-0.2, -0.15) is 5.10 Å². The van der Waals surface area contributed by atoms with E-state index >= 15 is 0 Å². The maximum Gasteiger partial charge on any atom is 0.323 e. The molecule has 3 aromatic rings. The van der Waals surface area contributed by atoms with Crippen LogP contribution in [0.2, 0.25) is 0 Å². The molecule has 2 aromatic heterocycles. The van der Waals surface area contributed by atoms with E-state index in [0.29, 0.717) is 35.5 Å². The number of fused-ring (bicyclic) bond motifs is 2. The van der Waals surface area contributed by atoms with Gasteiger partial charge in [0, 0.05) is 13.0 Å². The molecule has 25 heavy (non-hydrogen) atoms. The van der Waals surface area contributed by atoms with E-state index < -0.39 is 16.1 Å². The molecule has 0 saturated heterocycles. The van der Waals surface area contributed by atoms with Gasteiger partial charge in [-0.25, -0.2) is 27.6 Å². The molecule has 132 valence electrons. The number of sulfonamides is 1. The first-order valence-electron chi connectivity index (χ1n) is 8.14. The van der Waals surface area contributed by atoms with Crippen LogP contribution in [0.5, 0.6) is 0 Å². The van der Waals surface area contributed by atoms with Crippen LogP contribution in [0.4, 0.5) is 0 Å². The van der Waals surface area contributed by atoms with E-state index in [1.54, 1.807) is 10.7 Å². The van der Waals surface area contributed by atoms with Crippen molar-refractivity contribution in [1.82, 2.24) is 29.5 Å². The van der Waals surface area contributed by atoms with Crippen molar-refractivity contribution in [3.05, 3.63) is 40.3 Å². The Morgan fingerprint density at radius 3 is 2.92 bits per heavy atom. The van der Waals surface area contributed by atoms with Crippen molar-refractivity contribution in [2.45, 2.75) is 43.7 Å². The minimum Gasteiger partial charge on any atom is -0.306 e. The normalized spacial score (nSPS) is 17.7. The van der Waals surface area contributed by atoms with Gasteiger partial charge in [-0.1, -0.05) is 6.92 Å². The Kier molecular flexibility index (Phi) is 3.73. The summed E-state index contributed by atoms with van der Waals surface area (Å²) in [5.74, 6) is 1.37. The van der Waals surface area contributed by atoms with Gasteiger partial charge in [0.15, 0.2) is 5.82 Å². The average Bonchev–Trinajstić information content (AvgIpc) is 3.16. The number of benzene rings is 1. The van der Waals surface area contributed by atoms with E-state index in [1.165, 1.54) is 12.1 Å². The van der Waals surface area contributed by atoms with Gasteiger partial charge >= 0.3 is 5.69 Å². The lowest BCUT2D eigenvalue weighted by Gasteiger charge is -2.23. The Balaban J connectivity index is 1.67. The molecule has 0 bridgehead atoms. The molecule has 10 heteroatoms. The van der Waals surface area contributed by atoms with E-state index in [0.717, 1.165) is 13.0 Å². The summed E-state index contributed by atoms with van der Waals surface area (Å²) in [4.78, 5) is 21.1. The third-order valence-corrected chi connectivity index (χ3v) is 5.80. The highest BCUT2D eigenvalue weighted by Gasteiger charge is 2.28. The SMILES string of the molecule is CCc1nc2n(n1)CCC[C@H]2NS(=O)(=O)c1ccc2[nH]c(=O)[nH]c2c1. The van der Waals surface area contributed by atoms with E-state index in [2.05, 4.69) is 24.8 Å². The summed E-state index contributed by atoms with van der Waals surface area (Å²) < 4.78 is 30.0. The summed E-state index contributed by atoms with van der Waals surface area (Å²) >= 11 is 0. The van der Waals surface area contributed by atoms with E-state index in [1.807, 2.05) is 6.92 Å². The molecule has 0 fully saturated rings. The minimum absolute atomic E-state index is 0.0996. The second kappa shape index (κ2) is 5.81. The van der Waals surface area contributed by atoms with E-state index in [-0.39, 0.29) is 10.6 Å². The number of aryl methyl sites for hydroxylation is 2. The average molecular weight is 362 g/mol. The second-order valence-electron chi connectivity index (χ2n) is 6.07. The number of imidazole rings is 1. The molecule has 1 aliphatic rings. The smallest absolute Gasteiger partial charge is 0.306 e. The molecule has 0 amide bonds. The third-order valence-electron chi connectivity index (χ3n) is 4.33. The van der Waals surface area contributed by atoms with Gasteiger partial charge in [-0.05, 0) is 31.0 Å². The number of rotatable bonds is 4. The van der Waals surface area contributed by atoms with E-state index in [9.17, 15) is 13.2 Å². The molecule has 1 aliphatic heterocycles. The highest BCUT2D eigenvalue weighted by Crippen LogP contribution is 2.26. The van der Waals surface area contributed by atoms with Crippen LogP contribution in [0.25, 0.3) is 11.0 Å². The fraction of sp³-hybridized carbons (Fsp3) is 0.400. The molecule has 0 radical (unpaired) electrons. The van der Waals surface area contributed by atoms with Crippen molar-refractivity contribution in [1.29, 1.82) is 0 Å². The highest BCUT2D eigenvalue weighted by atomic mass is 32.2. The van der Waals surface area contributed by atoms with Gasteiger partial charge < -0.3 is 9.97 Å². The molecule has 9 nitrogen and oxygen atoms in total. The van der Waals surface area contributed by atoms with Gasteiger partial charge in [0.25, 0.3) is 0 Å². The molecule has 1 atom stereocenters. The molecule has 0 unspecified atom stereocenters. The van der Waals surface area contributed by atoms with Crippen LogP contribution in [0.15, 0.2) is 27.9 Å². The van der Waals surface area contributed by atoms with Crippen molar-refractivity contribution in [3.8, 4) is 0 Å². The summed E-state index contributed by atoms with van der Waals surface area (Å²) in [7, 11) is -3.75. The first kappa shape index (κ1) is 16.0. The molecule has 4 rings (SSSR count). The van der Waals surface area contributed by atoms with Crippen LogP contribution in [-0.2, 0) is 23.0 Å². The van der Waals surface area contributed by atoms with Crippen LogP contribution < -0.4 is 10.4 Å². The predicted octanol–water partition coefficient (Wildman–Crippen LogP) is 0.824. The molecule has 0 spiro atoms. The number of aromatic amines is 2. The highest BCUT2D eigenvalue weighted by molar-refractivity contribution is 7.89. The van der Waals surface area contributed by atoms with Crippen LogP contribution >= 0.6 is 0 Å². The first-order valence-corrected chi connectivity index (χ1v) is 9.62. The van der Waals surface area contributed by atoms with Crippen molar-refractivity contribution < 1.29 is 8.42 Å². The number of hydrogen-bond donors (Lipinski definition) is 3. The van der Waals surface area contributed by atoms with Crippen LogP contribution in [0.3, 0.4) is 0 Å². The van der Waals surface area contributed by atoms with Crippen molar-refractivity contribution in [2.75, 3.05) is 0 Å². The number of hydrogen-bond acceptors (Lipinski definition) is 5. The summed E-state index contributed by atoms with van der Waals surface area (Å²) in [6.07, 6.45) is 2.21. The van der Waals surface area contributed by atoms with Crippen LogP contribution in [0.1, 0.15) is 37.5 Å². The summed E-state index contributed by atoms with van der Waals surface area (Å²) in [5.41, 5.74) is 0.645. The minimum atomic E-state index is -3.75. The maximum atomic E-state index is 12.8. The monoisotopic (exact) mass is 362 g/mol. The fourth-order valence-electron chi connectivity index (χ4n) is 3.10. The zero-order chi connectivity index (χ0) is 17.6. The maximum absolute atomic E-state index is 12.8. The van der Waals surface area contributed by atoms with Gasteiger partial charge in [0.1, 0.15) is 5.82 Å². The Hall–Kier alpha value is -2.46. The Labute approximate surface area is 143 Å². The lowest BCUT2D eigenvalue weighted by molar-refractivity contribution is 0.399. The van der Waals surface area contributed by atoms with Gasteiger partial charge in [0.2, 0.25) is 10.0 Å². The lowest BCUT2D eigenvalue weighted by atomic mass is 10.1. The molecular weight excluding hydrogens is 344 g/mol.